The van der Waals surface area contributed by atoms with E-state index in [1.54, 1.807) is 41.6 Å². The molecule has 3 aromatic heterocycles. The molecular weight excluding hydrogens is 497 g/mol. The lowest BCUT2D eigenvalue weighted by Gasteiger charge is -2.34. The third-order valence-corrected chi connectivity index (χ3v) is 6.90. The molecular formula is C29H26FN7O2. The zero-order valence-electron chi connectivity index (χ0n) is 21.0. The number of nitrogens with one attached hydrogen (secondary N) is 1. The van der Waals surface area contributed by atoms with Gasteiger partial charge in [-0.15, -0.1) is 5.10 Å². The van der Waals surface area contributed by atoms with E-state index in [0.717, 1.165) is 35.7 Å². The maximum absolute atomic E-state index is 15.6. The SMILES string of the molecule is O=C(c1ccc(-n2nnc3cccnc32)cc1F)N(c1nccc2cc(/C=C/CO)ccc12)[C@@H]1CCCNC1. The molecule has 2 aromatic carbocycles. The second-order valence-corrected chi connectivity index (χ2v) is 9.39. The van der Waals surface area contributed by atoms with Crippen LogP contribution in [0.5, 0.6) is 0 Å². The molecule has 0 spiro atoms. The Morgan fingerprint density at radius 2 is 2.08 bits per heavy atom. The van der Waals surface area contributed by atoms with Crippen molar-refractivity contribution in [3.8, 4) is 5.69 Å². The number of fused-ring (bicyclic) bond motifs is 2. The number of aliphatic hydroxyl groups excluding tert-OH is 1. The number of hydrogen-bond donors (Lipinski definition) is 2. The van der Waals surface area contributed by atoms with Crippen molar-refractivity contribution in [2.24, 2.45) is 0 Å². The van der Waals surface area contributed by atoms with Crippen molar-refractivity contribution in [1.82, 2.24) is 30.3 Å². The maximum atomic E-state index is 15.6. The highest BCUT2D eigenvalue weighted by Gasteiger charge is 2.31. The van der Waals surface area contributed by atoms with Crippen LogP contribution in [0.15, 0.2) is 73.1 Å². The molecule has 1 fully saturated rings. The van der Waals surface area contributed by atoms with Crippen molar-refractivity contribution in [2.45, 2.75) is 18.9 Å². The highest BCUT2D eigenvalue weighted by molar-refractivity contribution is 6.10. The van der Waals surface area contributed by atoms with Crippen LogP contribution in [0.25, 0.3) is 33.7 Å². The predicted octanol–water partition coefficient (Wildman–Crippen LogP) is 3.91. The van der Waals surface area contributed by atoms with E-state index in [0.29, 0.717) is 29.2 Å². The number of piperidine rings is 1. The third-order valence-electron chi connectivity index (χ3n) is 6.90. The first-order valence-electron chi connectivity index (χ1n) is 12.8. The fraction of sp³-hybridized carbons (Fsp3) is 0.207. The number of nitrogens with zero attached hydrogens (tertiary/aromatic N) is 6. The lowest BCUT2D eigenvalue weighted by Crippen LogP contribution is -2.49. The molecule has 1 amide bonds. The number of benzene rings is 2. The van der Waals surface area contributed by atoms with Crippen LogP contribution in [-0.4, -0.2) is 61.7 Å². The van der Waals surface area contributed by atoms with Gasteiger partial charge in [0.2, 0.25) is 0 Å². The van der Waals surface area contributed by atoms with Gasteiger partial charge in [-0.2, -0.15) is 4.68 Å². The van der Waals surface area contributed by atoms with Gasteiger partial charge in [0.15, 0.2) is 5.65 Å². The summed E-state index contributed by atoms with van der Waals surface area (Å²) in [5.41, 5.74) is 2.37. The van der Waals surface area contributed by atoms with Crippen molar-refractivity contribution in [3.05, 3.63) is 90.0 Å². The molecule has 1 atom stereocenters. The summed E-state index contributed by atoms with van der Waals surface area (Å²) in [7, 11) is 0. The van der Waals surface area contributed by atoms with E-state index in [4.69, 9.17) is 5.11 Å². The van der Waals surface area contributed by atoms with Gasteiger partial charge < -0.3 is 10.4 Å². The van der Waals surface area contributed by atoms with Crippen LogP contribution in [0.1, 0.15) is 28.8 Å². The Balaban J connectivity index is 1.41. The van der Waals surface area contributed by atoms with E-state index in [1.165, 1.54) is 16.8 Å². The molecule has 196 valence electrons. The number of hydrogen-bond acceptors (Lipinski definition) is 7. The molecule has 0 unspecified atom stereocenters. The smallest absolute Gasteiger partial charge is 0.262 e. The van der Waals surface area contributed by atoms with Gasteiger partial charge >= 0.3 is 0 Å². The van der Waals surface area contributed by atoms with Crippen molar-refractivity contribution < 1.29 is 14.3 Å². The fourth-order valence-electron chi connectivity index (χ4n) is 5.03. The van der Waals surface area contributed by atoms with Gasteiger partial charge in [-0.3, -0.25) is 9.69 Å². The second-order valence-electron chi connectivity index (χ2n) is 9.39. The molecule has 0 aliphatic carbocycles. The molecule has 0 saturated carbocycles. The number of anilines is 1. The summed E-state index contributed by atoms with van der Waals surface area (Å²) < 4.78 is 17.1. The summed E-state index contributed by atoms with van der Waals surface area (Å²) in [6, 6.07) is 15.4. The molecule has 0 radical (unpaired) electrons. The minimum absolute atomic E-state index is 0.0510. The average Bonchev–Trinajstić information content (AvgIpc) is 3.41. The molecule has 9 nitrogen and oxygen atoms in total. The minimum atomic E-state index is -0.664. The Morgan fingerprint density at radius 1 is 1.15 bits per heavy atom. The number of carbonyl (C=O) groups is 1. The lowest BCUT2D eigenvalue weighted by molar-refractivity contribution is 0.0968. The number of carbonyl (C=O) groups excluding carboxylic acids is 1. The van der Waals surface area contributed by atoms with E-state index in [1.807, 2.05) is 30.3 Å². The van der Waals surface area contributed by atoms with E-state index < -0.39 is 11.7 Å². The van der Waals surface area contributed by atoms with Gasteiger partial charge in [-0.25, -0.2) is 14.4 Å². The number of halogens is 1. The van der Waals surface area contributed by atoms with Crippen LogP contribution >= 0.6 is 0 Å². The standard InChI is InChI=1S/C29H26FN7O2/c30-25-17-21(37-28-26(34-35-37)6-2-13-32-28)8-10-24(25)29(39)36(22-5-1-12-31-18-22)27-23-9-7-19(4-3-15-38)16-20(23)11-14-33-27/h2-4,6-11,13-14,16-17,22,31,38H,1,5,12,15,18H2/b4-3+/t22-/m1/s1. The van der Waals surface area contributed by atoms with Crippen LogP contribution in [0.3, 0.4) is 0 Å². The first-order chi connectivity index (χ1) is 19.1. The summed E-state index contributed by atoms with van der Waals surface area (Å²) in [5.74, 6) is -0.639. The lowest BCUT2D eigenvalue weighted by atomic mass is 10.0. The molecule has 1 aliphatic heterocycles. The Bertz CT molecular complexity index is 1690. The third kappa shape index (κ3) is 4.75. The summed E-state index contributed by atoms with van der Waals surface area (Å²) >= 11 is 0. The van der Waals surface area contributed by atoms with Crippen LogP contribution in [-0.2, 0) is 0 Å². The molecule has 6 rings (SSSR count). The van der Waals surface area contributed by atoms with Crippen LogP contribution in [0.4, 0.5) is 10.2 Å². The van der Waals surface area contributed by atoms with E-state index in [2.05, 4.69) is 25.6 Å². The molecule has 5 aromatic rings. The molecule has 2 N–H and O–H groups in total. The highest BCUT2D eigenvalue weighted by Crippen LogP contribution is 2.31. The van der Waals surface area contributed by atoms with Gasteiger partial charge in [0.25, 0.3) is 5.91 Å². The number of amides is 1. The first-order valence-corrected chi connectivity index (χ1v) is 12.8. The van der Waals surface area contributed by atoms with Crippen molar-refractivity contribution in [1.29, 1.82) is 0 Å². The zero-order chi connectivity index (χ0) is 26.8. The molecule has 39 heavy (non-hydrogen) atoms. The maximum Gasteiger partial charge on any atom is 0.262 e. The summed E-state index contributed by atoms with van der Waals surface area (Å²) in [4.78, 5) is 24.6. The molecule has 10 heteroatoms. The predicted molar refractivity (Wildman–Crippen MR) is 147 cm³/mol. The van der Waals surface area contributed by atoms with E-state index in [-0.39, 0.29) is 18.2 Å². The molecule has 4 heterocycles. The summed E-state index contributed by atoms with van der Waals surface area (Å²) in [6.07, 6.45) is 8.44. The van der Waals surface area contributed by atoms with Crippen molar-refractivity contribution >= 4 is 39.7 Å². The largest absolute Gasteiger partial charge is 0.392 e. The van der Waals surface area contributed by atoms with Gasteiger partial charge in [-0.1, -0.05) is 29.5 Å². The average molecular weight is 524 g/mol. The number of rotatable bonds is 6. The van der Waals surface area contributed by atoms with Gasteiger partial charge in [0.1, 0.15) is 17.2 Å². The second kappa shape index (κ2) is 10.7. The summed E-state index contributed by atoms with van der Waals surface area (Å²) in [6.45, 7) is 1.40. The van der Waals surface area contributed by atoms with E-state index >= 15 is 4.39 Å². The molecule has 0 bridgehead atoms. The topological polar surface area (TPSA) is 109 Å². The normalized spacial score (nSPS) is 15.8. The zero-order valence-corrected chi connectivity index (χ0v) is 21.0. The first kappa shape index (κ1) is 24.8. The van der Waals surface area contributed by atoms with E-state index in [9.17, 15) is 4.79 Å². The quantitative estimate of drug-likeness (QED) is 0.347. The van der Waals surface area contributed by atoms with Crippen molar-refractivity contribution in [2.75, 3.05) is 24.6 Å². The number of aromatic nitrogens is 5. The Labute approximate surface area is 223 Å². The van der Waals surface area contributed by atoms with Crippen LogP contribution in [0, 0.1) is 5.82 Å². The van der Waals surface area contributed by atoms with Gasteiger partial charge in [0.05, 0.1) is 23.9 Å². The number of pyridine rings is 2. The monoisotopic (exact) mass is 523 g/mol. The highest BCUT2D eigenvalue weighted by atomic mass is 19.1. The molecule has 1 aliphatic rings. The van der Waals surface area contributed by atoms with Crippen molar-refractivity contribution in [3.63, 3.8) is 0 Å². The van der Waals surface area contributed by atoms with Gasteiger partial charge in [-0.05, 0) is 66.7 Å². The van der Waals surface area contributed by atoms with Crippen LogP contribution < -0.4 is 10.2 Å². The fourth-order valence-corrected chi connectivity index (χ4v) is 5.03. The Hall–Kier alpha value is -4.54. The van der Waals surface area contributed by atoms with Crippen LogP contribution in [0.2, 0.25) is 0 Å². The summed E-state index contributed by atoms with van der Waals surface area (Å²) in [5, 5.41) is 22.3. The Kier molecular flexibility index (Phi) is 6.78. The molecule has 1 saturated heterocycles. The minimum Gasteiger partial charge on any atom is -0.392 e. The number of aliphatic hydroxyl groups is 1. The van der Waals surface area contributed by atoms with Gasteiger partial charge in [0, 0.05) is 30.4 Å². The Morgan fingerprint density at radius 3 is 2.90 bits per heavy atom.